The zero-order chi connectivity index (χ0) is 15.1. The summed E-state index contributed by atoms with van der Waals surface area (Å²) in [6.45, 7) is 4.47. The minimum absolute atomic E-state index is 0.507. The van der Waals surface area contributed by atoms with Crippen molar-refractivity contribution in [1.82, 2.24) is 0 Å². The zero-order valence-corrected chi connectivity index (χ0v) is 14.8. The van der Waals surface area contributed by atoms with Crippen LogP contribution in [0.25, 0.3) is 0 Å². The fourth-order valence-corrected chi connectivity index (χ4v) is 2.38. The van der Waals surface area contributed by atoms with Crippen molar-refractivity contribution in [2.45, 2.75) is 64.9 Å². The van der Waals surface area contributed by atoms with Gasteiger partial charge in [-0.2, -0.15) is 5.26 Å². The first-order valence-electron chi connectivity index (χ1n) is 7.51. The third-order valence-electron chi connectivity index (χ3n) is 3.02. The topological polar surface area (TPSA) is 33.0 Å². The van der Waals surface area contributed by atoms with Crippen LogP contribution in [0.15, 0.2) is 30.3 Å². The lowest BCUT2D eigenvalue weighted by atomic mass is 10.1. The third kappa shape index (κ3) is 11.2. The second-order valence-corrected chi connectivity index (χ2v) is 5.34. The smallest absolute Gasteiger partial charge is 0.110 e. The van der Waals surface area contributed by atoms with Crippen LogP contribution in [0, 0.1) is 11.3 Å². The van der Waals surface area contributed by atoms with Crippen molar-refractivity contribution in [2.24, 2.45) is 0 Å². The molecular formula is C17H26INO. The third-order valence-corrected chi connectivity index (χ3v) is 3.74. The number of halogens is 1. The average molecular weight is 387 g/mol. The molecule has 112 valence electrons. The van der Waals surface area contributed by atoms with E-state index in [2.05, 4.69) is 13.8 Å². The maximum Gasteiger partial charge on any atom is 0.110 e. The Morgan fingerprint density at radius 3 is 2.20 bits per heavy atom. The summed E-state index contributed by atoms with van der Waals surface area (Å²) in [6.07, 6.45) is 9.61. The van der Waals surface area contributed by atoms with E-state index >= 15 is 0 Å². The van der Waals surface area contributed by atoms with E-state index in [0.29, 0.717) is 11.7 Å². The molecule has 1 aromatic carbocycles. The van der Waals surface area contributed by atoms with Gasteiger partial charge in [-0.15, -0.1) is 0 Å². The Morgan fingerprint density at radius 2 is 1.75 bits per heavy atom. The largest absolute Gasteiger partial charge is 0.312 e. The van der Waals surface area contributed by atoms with Gasteiger partial charge in [0.1, 0.15) is 23.0 Å². The lowest BCUT2D eigenvalue weighted by Gasteiger charge is -2.11. The molecule has 0 N–H and O–H groups in total. The standard InChI is InChI=1S/C10H21IO.C7H5N/c1-3-5-6-7-9-10(12-11)8-4-2;8-6-7-4-2-1-3-5-7/h10H,3-9H2,1-2H3;1-5H. The highest BCUT2D eigenvalue weighted by atomic mass is 127. The summed E-state index contributed by atoms with van der Waals surface area (Å²) in [4.78, 5) is 0. The summed E-state index contributed by atoms with van der Waals surface area (Å²) in [5, 5.41) is 8.29. The maximum atomic E-state index is 8.29. The molecule has 0 saturated carbocycles. The molecule has 0 aliphatic rings. The molecule has 1 aromatic rings. The summed E-state index contributed by atoms with van der Waals surface area (Å²) < 4.78 is 5.34. The first-order chi connectivity index (χ1) is 9.78. The van der Waals surface area contributed by atoms with E-state index in [1.165, 1.54) is 44.9 Å². The molecule has 0 aliphatic carbocycles. The Balaban J connectivity index is 0.000000388. The molecule has 0 bridgehead atoms. The SMILES string of the molecule is CCCCCCC(CCC)OI.N#Cc1ccccc1. The average Bonchev–Trinajstić information content (AvgIpc) is 2.52. The van der Waals surface area contributed by atoms with Gasteiger partial charge in [0.2, 0.25) is 0 Å². The van der Waals surface area contributed by atoms with Gasteiger partial charge in [-0.3, -0.25) is 0 Å². The number of hydrogen-bond acceptors (Lipinski definition) is 2. The van der Waals surface area contributed by atoms with Crippen LogP contribution in [0.1, 0.15) is 64.4 Å². The fraction of sp³-hybridized carbons (Fsp3) is 0.588. The lowest BCUT2D eigenvalue weighted by molar-refractivity contribution is 0.244. The van der Waals surface area contributed by atoms with Crippen molar-refractivity contribution in [3.63, 3.8) is 0 Å². The second-order valence-electron chi connectivity index (χ2n) is 4.83. The monoisotopic (exact) mass is 387 g/mol. The van der Waals surface area contributed by atoms with E-state index < -0.39 is 0 Å². The van der Waals surface area contributed by atoms with E-state index in [9.17, 15) is 0 Å². The molecule has 1 atom stereocenters. The Hall–Kier alpha value is -0.600. The fourth-order valence-electron chi connectivity index (χ4n) is 1.87. The van der Waals surface area contributed by atoms with Gasteiger partial charge in [0.25, 0.3) is 0 Å². The molecule has 0 fully saturated rings. The number of rotatable bonds is 8. The van der Waals surface area contributed by atoms with Crippen molar-refractivity contribution in [1.29, 1.82) is 5.26 Å². The van der Waals surface area contributed by atoms with Crippen LogP contribution in [0.4, 0.5) is 0 Å². The molecule has 0 aliphatic heterocycles. The van der Waals surface area contributed by atoms with Crippen LogP contribution in [0.5, 0.6) is 0 Å². The zero-order valence-electron chi connectivity index (χ0n) is 12.6. The van der Waals surface area contributed by atoms with Crippen molar-refractivity contribution in [3.8, 4) is 6.07 Å². The van der Waals surface area contributed by atoms with E-state index in [1.807, 2.05) is 47.3 Å². The minimum atomic E-state index is 0.507. The van der Waals surface area contributed by atoms with Crippen LogP contribution in [0.2, 0.25) is 0 Å². The quantitative estimate of drug-likeness (QED) is 0.402. The van der Waals surface area contributed by atoms with Crippen molar-refractivity contribution in [2.75, 3.05) is 0 Å². The van der Waals surface area contributed by atoms with E-state index in [-0.39, 0.29) is 0 Å². The van der Waals surface area contributed by atoms with Crippen LogP contribution < -0.4 is 0 Å². The van der Waals surface area contributed by atoms with Gasteiger partial charge in [-0.25, -0.2) is 0 Å². The maximum absolute atomic E-state index is 8.29. The number of unbranched alkanes of at least 4 members (excludes halogenated alkanes) is 3. The van der Waals surface area contributed by atoms with Gasteiger partial charge in [0.05, 0.1) is 17.7 Å². The molecule has 0 spiro atoms. The van der Waals surface area contributed by atoms with Gasteiger partial charge in [0, 0.05) is 0 Å². The van der Waals surface area contributed by atoms with Crippen LogP contribution in [-0.2, 0) is 3.07 Å². The molecule has 3 heteroatoms. The summed E-state index contributed by atoms with van der Waals surface area (Å²) in [6, 6.07) is 11.2. The Kier molecular flexibility index (Phi) is 14.4. The highest BCUT2D eigenvalue weighted by Crippen LogP contribution is 2.14. The summed E-state index contributed by atoms with van der Waals surface area (Å²) in [5.41, 5.74) is 0.715. The van der Waals surface area contributed by atoms with Gasteiger partial charge in [-0.05, 0) is 25.0 Å². The van der Waals surface area contributed by atoms with Crippen LogP contribution >= 0.6 is 23.0 Å². The first-order valence-corrected chi connectivity index (χ1v) is 8.39. The summed E-state index contributed by atoms with van der Waals surface area (Å²) in [5.74, 6) is 0. The number of nitriles is 1. The van der Waals surface area contributed by atoms with Crippen LogP contribution in [-0.4, -0.2) is 6.10 Å². The second kappa shape index (κ2) is 14.8. The predicted molar refractivity (Wildman–Crippen MR) is 93.7 cm³/mol. The van der Waals surface area contributed by atoms with E-state index in [0.717, 1.165) is 0 Å². The molecule has 0 aromatic heterocycles. The van der Waals surface area contributed by atoms with E-state index in [1.54, 1.807) is 12.1 Å². The van der Waals surface area contributed by atoms with Gasteiger partial charge in [0.15, 0.2) is 0 Å². The minimum Gasteiger partial charge on any atom is -0.312 e. The van der Waals surface area contributed by atoms with Gasteiger partial charge >= 0.3 is 0 Å². The Morgan fingerprint density at radius 1 is 1.05 bits per heavy atom. The normalized spacial score (nSPS) is 11.1. The molecular weight excluding hydrogens is 361 g/mol. The molecule has 1 unspecified atom stereocenters. The molecule has 0 heterocycles. The molecule has 2 nitrogen and oxygen atoms in total. The molecule has 1 rings (SSSR count). The molecule has 0 radical (unpaired) electrons. The first kappa shape index (κ1) is 19.4. The molecule has 0 amide bonds. The number of benzene rings is 1. The Bertz CT molecular complexity index is 348. The van der Waals surface area contributed by atoms with Gasteiger partial charge in [-0.1, -0.05) is 64.2 Å². The van der Waals surface area contributed by atoms with Crippen molar-refractivity contribution < 1.29 is 3.07 Å². The van der Waals surface area contributed by atoms with Crippen molar-refractivity contribution in [3.05, 3.63) is 35.9 Å². The highest BCUT2D eigenvalue weighted by molar-refractivity contribution is 14.1. The Labute approximate surface area is 138 Å². The van der Waals surface area contributed by atoms with Crippen molar-refractivity contribution >= 4 is 23.0 Å². The number of hydrogen-bond donors (Lipinski definition) is 0. The van der Waals surface area contributed by atoms with Crippen LogP contribution in [0.3, 0.4) is 0 Å². The highest BCUT2D eigenvalue weighted by Gasteiger charge is 2.05. The molecule has 0 saturated heterocycles. The number of nitrogens with zero attached hydrogens (tertiary/aromatic N) is 1. The van der Waals surface area contributed by atoms with E-state index in [4.69, 9.17) is 8.33 Å². The summed E-state index contributed by atoms with van der Waals surface area (Å²) in [7, 11) is 0. The molecule has 20 heavy (non-hydrogen) atoms. The predicted octanol–water partition coefficient (Wildman–Crippen LogP) is 6.05. The van der Waals surface area contributed by atoms with Gasteiger partial charge < -0.3 is 3.07 Å². The lowest BCUT2D eigenvalue weighted by Crippen LogP contribution is -2.06. The summed E-state index contributed by atoms with van der Waals surface area (Å²) >= 11 is 2.03.